The Kier molecular flexibility index (Phi) is 2.84. The Morgan fingerprint density at radius 2 is 2.07 bits per heavy atom. The van der Waals surface area contributed by atoms with Crippen molar-refractivity contribution < 1.29 is 9.52 Å². The first-order valence-electron chi connectivity index (χ1n) is 4.98. The van der Waals surface area contributed by atoms with Crippen molar-refractivity contribution >= 4 is 11.0 Å². The van der Waals surface area contributed by atoms with Gasteiger partial charge < -0.3 is 9.52 Å². The van der Waals surface area contributed by atoms with Crippen molar-refractivity contribution in [2.45, 2.75) is 19.3 Å². The number of aliphatic hydroxyl groups excluding tert-OH is 1. The van der Waals surface area contributed by atoms with Crippen molar-refractivity contribution in [3.63, 3.8) is 0 Å². The largest absolute Gasteiger partial charge is 0.464 e. The molecule has 14 heavy (non-hydrogen) atoms. The summed E-state index contributed by atoms with van der Waals surface area (Å²) in [6.45, 7) is 0.279. The van der Waals surface area contributed by atoms with Crippen LogP contribution in [0.3, 0.4) is 0 Å². The molecule has 1 aromatic heterocycles. The van der Waals surface area contributed by atoms with Gasteiger partial charge in [0.2, 0.25) is 0 Å². The summed E-state index contributed by atoms with van der Waals surface area (Å²) in [4.78, 5) is 0. The van der Waals surface area contributed by atoms with E-state index in [0.717, 1.165) is 24.8 Å². The van der Waals surface area contributed by atoms with E-state index in [9.17, 15) is 0 Å². The van der Waals surface area contributed by atoms with Crippen molar-refractivity contribution in [1.29, 1.82) is 0 Å². The minimum absolute atomic E-state index is 0.279. The molecule has 1 aromatic carbocycles. The fraction of sp³-hybridized carbons (Fsp3) is 0.333. The molecule has 2 heteroatoms. The summed E-state index contributed by atoms with van der Waals surface area (Å²) in [6, 6.07) is 8.11. The Morgan fingerprint density at radius 1 is 1.14 bits per heavy atom. The van der Waals surface area contributed by atoms with E-state index in [1.807, 2.05) is 18.2 Å². The first kappa shape index (κ1) is 9.28. The number of hydrogen-bond donors (Lipinski definition) is 1. The number of hydrogen-bond acceptors (Lipinski definition) is 2. The Bertz CT molecular complexity index is 403. The molecule has 0 saturated heterocycles. The maximum atomic E-state index is 8.70. The number of furan rings is 1. The van der Waals surface area contributed by atoms with Gasteiger partial charge in [-0.05, 0) is 37.0 Å². The highest BCUT2D eigenvalue weighted by Crippen LogP contribution is 2.21. The summed E-state index contributed by atoms with van der Waals surface area (Å²) in [6.07, 6.45) is 4.63. The number of aryl methyl sites for hydroxylation is 1. The Labute approximate surface area is 83.2 Å². The molecule has 0 saturated carbocycles. The molecule has 2 nitrogen and oxygen atoms in total. The topological polar surface area (TPSA) is 33.4 Å². The summed E-state index contributed by atoms with van der Waals surface area (Å²) in [7, 11) is 0. The molecular weight excluding hydrogens is 176 g/mol. The lowest BCUT2D eigenvalue weighted by molar-refractivity contribution is 0.284. The van der Waals surface area contributed by atoms with Gasteiger partial charge in [-0.15, -0.1) is 0 Å². The van der Waals surface area contributed by atoms with Gasteiger partial charge in [0.25, 0.3) is 0 Å². The number of rotatable bonds is 4. The predicted octanol–water partition coefficient (Wildman–Crippen LogP) is 2.75. The normalized spacial score (nSPS) is 10.9. The lowest BCUT2D eigenvalue weighted by Gasteiger charge is -2.01. The average molecular weight is 190 g/mol. The second kappa shape index (κ2) is 4.29. The van der Waals surface area contributed by atoms with E-state index in [1.165, 1.54) is 10.9 Å². The third kappa shape index (κ3) is 1.80. The summed E-state index contributed by atoms with van der Waals surface area (Å²) < 4.78 is 5.32. The van der Waals surface area contributed by atoms with Crippen molar-refractivity contribution in [2.75, 3.05) is 6.61 Å². The molecule has 74 valence electrons. The monoisotopic (exact) mass is 190 g/mol. The van der Waals surface area contributed by atoms with Gasteiger partial charge >= 0.3 is 0 Å². The maximum absolute atomic E-state index is 8.70. The molecule has 0 aliphatic carbocycles. The predicted molar refractivity (Wildman–Crippen MR) is 56.2 cm³/mol. The molecule has 0 fully saturated rings. The van der Waals surface area contributed by atoms with Gasteiger partial charge in [0.1, 0.15) is 5.58 Å². The number of fused-ring (bicyclic) bond motifs is 1. The smallest absolute Gasteiger partial charge is 0.134 e. The molecule has 0 spiro atoms. The fourth-order valence-corrected chi connectivity index (χ4v) is 1.70. The van der Waals surface area contributed by atoms with Gasteiger partial charge in [-0.3, -0.25) is 0 Å². The van der Waals surface area contributed by atoms with E-state index in [1.54, 1.807) is 6.26 Å². The van der Waals surface area contributed by atoms with Crippen molar-refractivity contribution in [1.82, 2.24) is 0 Å². The zero-order valence-corrected chi connectivity index (χ0v) is 8.07. The van der Waals surface area contributed by atoms with Crippen LogP contribution >= 0.6 is 0 Å². The highest BCUT2D eigenvalue weighted by Gasteiger charge is 2.02. The Morgan fingerprint density at radius 3 is 2.93 bits per heavy atom. The van der Waals surface area contributed by atoms with Crippen molar-refractivity contribution in [3.05, 3.63) is 36.1 Å². The summed E-state index contributed by atoms with van der Waals surface area (Å²) >= 11 is 0. The second-order valence-corrected chi connectivity index (χ2v) is 3.43. The maximum Gasteiger partial charge on any atom is 0.134 e. The third-order valence-corrected chi connectivity index (χ3v) is 2.44. The molecule has 0 unspecified atom stereocenters. The minimum Gasteiger partial charge on any atom is -0.464 e. The van der Waals surface area contributed by atoms with Crippen LogP contribution in [0.25, 0.3) is 11.0 Å². The molecule has 0 aliphatic heterocycles. The molecule has 0 radical (unpaired) electrons. The zero-order chi connectivity index (χ0) is 9.80. The molecule has 0 aliphatic rings. The Balaban J connectivity index is 2.19. The number of unbranched alkanes of at least 4 members (excludes halogenated alkanes) is 1. The fourth-order valence-electron chi connectivity index (χ4n) is 1.70. The molecule has 0 amide bonds. The van der Waals surface area contributed by atoms with E-state index in [-0.39, 0.29) is 6.61 Å². The highest BCUT2D eigenvalue weighted by molar-refractivity contribution is 5.80. The molecule has 1 heterocycles. The van der Waals surface area contributed by atoms with Crippen LogP contribution in [0.4, 0.5) is 0 Å². The SMILES string of the molecule is OCCCCc1cccc2occc12. The molecule has 2 rings (SSSR count). The molecule has 0 atom stereocenters. The van der Waals surface area contributed by atoms with E-state index in [0.29, 0.717) is 0 Å². The van der Waals surface area contributed by atoms with Crippen LogP contribution in [0, 0.1) is 0 Å². The molecule has 0 bridgehead atoms. The van der Waals surface area contributed by atoms with Crippen LogP contribution in [-0.2, 0) is 6.42 Å². The lowest BCUT2D eigenvalue weighted by Crippen LogP contribution is -1.88. The molecular formula is C12H14O2. The van der Waals surface area contributed by atoms with Gasteiger partial charge in [0.05, 0.1) is 6.26 Å². The van der Waals surface area contributed by atoms with Crippen LogP contribution < -0.4 is 0 Å². The first-order valence-corrected chi connectivity index (χ1v) is 4.98. The zero-order valence-electron chi connectivity index (χ0n) is 8.07. The Hall–Kier alpha value is -1.28. The van der Waals surface area contributed by atoms with Crippen LogP contribution in [0.15, 0.2) is 34.9 Å². The van der Waals surface area contributed by atoms with Crippen LogP contribution in [0.5, 0.6) is 0 Å². The quantitative estimate of drug-likeness (QED) is 0.752. The molecule has 1 N–H and O–H groups in total. The summed E-state index contributed by atoms with van der Waals surface area (Å²) in [5.41, 5.74) is 2.26. The van der Waals surface area contributed by atoms with E-state index < -0.39 is 0 Å². The second-order valence-electron chi connectivity index (χ2n) is 3.43. The summed E-state index contributed by atoms with van der Waals surface area (Å²) in [5.74, 6) is 0. The third-order valence-electron chi connectivity index (χ3n) is 2.44. The van der Waals surface area contributed by atoms with Gasteiger partial charge in [-0.1, -0.05) is 12.1 Å². The van der Waals surface area contributed by atoms with Crippen LogP contribution in [-0.4, -0.2) is 11.7 Å². The van der Waals surface area contributed by atoms with Crippen LogP contribution in [0.1, 0.15) is 18.4 Å². The first-order chi connectivity index (χ1) is 6.92. The summed E-state index contributed by atoms with van der Waals surface area (Å²) in [5, 5.41) is 9.90. The van der Waals surface area contributed by atoms with Gasteiger partial charge in [-0.25, -0.2) is 0 Å². The minimum atomic E-state index is 0.279. The highest BCUT2D eigenvalue weighted by atomic mass is 16.3. The standard InChI is InChI=1S/C12H14O2/c13-8-2-1-4-10-5-3-6-12-11(10)7-9-14-12/h3,5-7,9,13H,1-2,4,8H2. The van der Waals surface area contributed by atoms with Gasteiger partial charge in [0.15, 0.2) is 0 Å². The van der Waals surface area contributed by atoms with E-state index in [2.05, 4.69) is 6.07 Å². The van der Waals surface area contributed by atoms with Gasteiger partial charge in [0, 0.05) is 12.0 Å². The lowest BCUT2D eigenvalue weighted by atomic mass is 10.0. The van der Waals surface area contributed by atoms with Crippen LogP contribution in [0.2, 0.25) is 0 Å². The average Bonchev–Trinajstić information content (AvgIpc) is 2.67. The number of aliphatic hydroxyl groups is 1. The molecule has 2 aromatic rings. The van der Waals surface area contributed by atoms with E-state index in [4.69, 9.17) is 9.52 Å². The number of benzene rings is 1. The van der Waals surface area contributed by atoms with Crippen molar-refractivity contribution in [3.8, 4) is 0 Å². The van der Waals surface area contributed by atoms with E-state index >= 15 is 0 Å². The van der Waals surface area contributed by atoms with Crippen molar-refractivity contribution in [2.24, 2.45) is 0 Å². The van der Waals surface area contributed by atoms with Gasteiger partial charge in [-0.2, -0.15) is 0 Å².